The van der Waals surface area contributed by atoms with Crippen molar-refractivity contribution in [1.82, 2.24) is 39.1 Å². The molecule has 0 aliphatic rings. The third-order valence-electron chi connectivity index (χ3n) is 15.2. The molecule has 9 rings (SSSR count). The topological polar surface area (TPSA) is 176 Å². The molecule has 0 aliphatic heterocycles. The summed E-state index contributed by atoms with van der Waals surface area (Å²) in [6.07, 6.45) is 2.99. The van der Waals surface area contributed by atoms with E-state index in [0.717, 1.165) is 31.4 Å². The maximum Gasteiger partial charge on any atom is 0.261 e. The molecule has 0 saturated heterocycles. The van der Waals surface area contributed by atoms with E-state index in [0.29, 0.717) is 24.5 Å². The molecule has 4 heterocycles. The van der Waals surface area contributed by atoms with Crippen molar-refractivity contribution in [2.75, 3.05) is 26.4 Å². The van der Waals surface area contributed by atoms with Crippen LogP contribution in [-0.2, 0) is 80.0 Å². The fourth-order valence-electron chi connectivity index (χ4n) is 10.1. The van der Waals surface area contributed by atoms with E-state index in [-0.39, 0.29) is 108 Å². The zero-order valence-corrected chi connectivity index (χ0v) is 49.6. The lowest BCUT2D eigenvalue weighted by molar-refractivity contribution is 0.0644. The molecule has 9 aromatic rings. The summed E-state index contributed by atoms with van der Waals surface area (Å²) in [6, 6.07) is 37.1. The quantitative estimate of drug-likeness (QED) is 0.0588. The number of nitrogens with zero attached hydrogens (tertiary/aromatic N) is 8. The molecule has 0 radical (unpaired) electrons. The minimum absolute atomic E-state index is 0.0162. The summed E-state index contributed by atoms with van der Waals surface area (Å²) in [5.74, 6) is 0. The molecule has 0 unspecified atom stereocenters. The minimum Gasteiger partial charge on any atom is -0.378 e. The number of fused-ring (bicyclic) bond motifs is 2. The number of ether oxygens (including phenoxy) is 4. The van der Waals surface area contributed by atoms with Crippen molar-refractivity contribution in [3.05, 3.63) is 219 Å². The molecular weight excluding hydrogens is 1030 g/mol. The summed E-state index contributed by atoms with van der Waals surface area (Å²) in [5, 5.41) is 17.5. The predicted molar refractivity (Wildman–Crippen MR) is 320 cm³/mol. The summed E-state index contributed by atoms with van der Waals surface area (Å²) in [6.45, 7) is 28.2. The summed E-state index contributed by atoms with van der Waals surface area (Å²) >= 11 is 0. The summed E-state index contributed by atoms with van der Waals surface area (Å²) in [4.78, 5) is 54.2. The Morgan fingerprint density at radius 2 is 0.634 bits per heavy atom. The van der Waals surface area contributed by atoms with E-state index in [9.17, 15) is 19.2 Å². The minimum atomic E-state index is -0.553. The lowest BCUT2D eigenvalue weighted by Crippen LogP contribution is -2.28. The van der Waals surface area contributed by atoms with Gasteiger partial charge in [-0.3, -0.25) is 28.3 Å². The van der Waals surface area contributed by atoms with E-state index in [4.69, 9.17) is 18.9 Å². The Kier molecular flexibility index (Phi) is 17.4. The summed E-state index contributed by atoms with van der Waals surface area (Å²) in [7, 11) is 0. The van der Waals surface area contributed by atoms with Gasteiger partial charge in [-0.15, -0.1) is 10.2 Å². The molecule has 82 heavy (non-hydrogen) atoms. The second-order valence-electron chi connectivity index (χ2n) is 25.5. The highest BCUT2D eigenvalue weighted by Gasteiger charge is 2.24. The van der Waals surface area contributed by atoms with Crippen LogP contribution in [0.4, 0.5) is 0 Å². The fourth-order valence-corrected chi connectivity index (χ4v) is 10.1. The average Bonchev–Trinajstić information content (AvgIpc) is 2.72. The van der Waals surface area contributed by atoms with Crippen molar-refractivity contribution in [3.8, 4) is 0 Å². The van der Waals surface area contributed by atoms with Crippen molar-refractivity contribution in [2.45, 2.75) is 156 Å². The van der Waals surface area contributed by atoms with Crippen LogP contribution in [0.25, 0.3) is 21.5 Å². The first kappa shape index (κ1) is 59.1. The lowest BCUT2D eigenvalue weighted by atomic mass is 9.85. The first-order chi connectivity index (χ1) is 38.8. The standard InChI is InChI=1S/C66H78N8O8/c1-63(2,3)47-21-13-43(14-22-47)57(44-15-23-48(24-16-44)64(4,5)6)81-41-51-39-71(69-67-51)29-33-79-35-31-73-59(75)53-37-55-56(38-54(53)60(73)76)62(78)74(61(55)77)32-36-80-34-30-72-40-52(68-70-72)42-82-58(45-17-25-49(26-18-45)65(7,8)9)46-19-27-50(28-20-46)66(10,11)12/h13-28,37-40,57-58H,29-36,41-42H2,1-12H3. The van der Waals surface area contributed by atoms with Gasteiger partial charge >= 0.3 is 0 Å². The van der Waals surface area contributed by atoms with Gasteiger partial charge in [0.2, 0.25) is 0 Å². The average molecular weight is 1110 g/mol. The van der Waals surface area contributed by atoms with Crippen molar-refractivity contribution in [3.63, 3.8) is 0 Å². The van der Waals surface area contributed by atoms with E-state index in [1.807, 2.05) is 12.4 Å². The molecule has 0 amide bonds. The molecule has 0 atom stereocenters. The largest absolute Gasteiger partial charge is 0.378 e. The van der Waals surface area contributed by atoms with Gasteiger partial charge in [-0.2, -0.15) is 0 Å². The molecule has 0 fully saturated rings. The van der Waals surface area contributed by atoms with Crippen LogP contribution in [0.3, 0.4) is 0 Å². The second-order valence-corrected chi connectivity index (χ2v) is 25.5. The zero-order valence-electron chi connectivity index (χ0n) is 49.6. The molecule has 0 aliphatic carbocycles. The third kappa shape index (κ3) is 13.7. The Hall–Kier alpha value is -7.50. The van der Waals surface area contributed by atoms with Crippen LogP contribution < -0.4 is 22.2 Å². The van der Waals surface area contributed by atoms with Gasteiger partial charge in [0.05, 0.1) is 99.8 Å². The molecule has 4 aromatic heterocycles. The summed E-state index contributed by atoms with van der Waals surface area (Å²) < 4.78 is 30.3. The molecule has 0 saturated carbocycles. The first-order valence-corrected chi connectivity index (χ1v) is 28.3. The second kappa shape index (κ2) is 24.1. The Bertz CT molecular complexity index is 3390. The number of hydrogen-bond acceptors (Lipinski definition) is 12. The van der Waals surface area contributed by atoms with E-state index < -0.39 is 22.2 Å². The molecule has 0 bridgehead atoms. The third-order valence-corrected chi connectivity index (χ3v) is 15.2. The maximum atomic E-state index is 13.6. The van der Waals surface area contributed by atoms with Crippen LogP contribution in [0.15, 0.2) is 141 Å². The Morgan fingerprint density at radius 3 is 0.890 bits per heavy atom. The van der Waals surface area contributed by atoms with Crippen molar-refractivity contribution in [2.24, 2.45) is 0 Å². The number of hydrogen-bond donors (Lipinski definition) is 0. The number of aromatic nitrogens is 8. The fraction of sp³-hybridized carbons (Fsp3) is 0.424. The van der Waals surface area contributed by atoms with Gasteiger partial charge in [-0.05, 0) is 78.3 Å². The van der Waals surface area contributed by atoms with Gasteiger partial charge in [0.25, 0.3) is 22.2 Å². The van der Waals surface area contributed by atoms with E-state index in [1.54, 1.807) is 9.36 Å². The Morgan fingerprint density at radius 1 is 0.378 bits per heavy atom. The first-order valence-electron chi connectivity index (χ1n) is 28.3. The zero-order chi connectivity index (χ0) is 58.7. The lowest BCUT2D eigenvalue weighted by Gasteiger charge is -2.23. The van der Waals surface area contributed by atoms with Crippen molar-refractivity contribution in [1.29, 1.82) is 0 Å². The van der Waals surface area contributed by atoms with E-state index in [2.05, 4.69) is 201 Å². The molecule has 16 nitrogen and oxygen atoms in total. The molecule has 430 valence electrons. The molecular formula is C66H78N8O8. The van der Waals surface area contributed by atoms with E-state index in [1.165, 1.54) is 34.4 Å². The Balaban J connectivity index is 0.748. The number of benzene rings is 5. The van der Waals surface area contributed by atoms with Gasteiger partial charge in [-0.25, -0.2) is 9.36 Å². The van der Waals surface area contributed by atoms with Crippen LogP contribution in [-0.4, -0.2) is 65.5 Å². The highest BCUT2D eigenvalue weighted by atomic mass is 16.5. The van der Waals surface area contributed by atoms with Crippen LogP contribution in [0.5, 0.6) is 0 Å². The summed E-state index contributed by atoms with van der Waals surface area (Å²) in [5.41, 5.74) is 8.35. The molecule has 5 aromatic carbocycles. The molecule has 0 N–H and O–H groups in total. The molecule has 16 heteroatoms. The van der Waals surface area contributed by atoms with Gasteiger partial charge in [0, 0.05) is 0 Å². The van der Waals surface area contributed by atoms with Crippen molar-refractivity contribution < 1.29 is 18.9 Å². The van der Waals surface area contributed by atoms with Gasteiger partial charge in [-0.1, -0.05) is 191 Å². The SMILES string of the molecule is CC(C)(C)c1ccc(C(OCc2cn(CCOCCn3c(=O)c4cc5c(=O)n(CCOCCn6cc(COC(c7ccc(C(C)(C)C)cc7)c7ccc(C(C)(C)C)cc7)nn6)c(=O)c5cc4c3=O)nn2)c2ccc(C(C)(C)C)cc2)cc1. The number of rotatable bonds is 22. The van der Waals surface area contributed by atoms with Gasteiger partial charge in [0.15, 0.2) is 0 Å². The van der Waals surface area contributed by atoms with Crippen LogP contribution in [0.2, 0.25) is 0 Å². The maximum absolute atomic E-state index is 13.6. The van der Waals surface area contributed by atoms with E-state index >= 15 is 0 Å². The Labute approximate surface area is 479 Å². The highest BCUT2D eigenvalue weighted by molar-refractivity contribution is 5.97. The normalized spacial score (nSPS) is 12.8. The van der Waals surface area contributed by atoms with Gasteiger partial charge < -0.3 is 18.9 Å². The van der Waals surface area contributed by atoms with Gasteiger partial charge in [0.1, 0.15) is 23.6 Å². The van der Waals surface area contributed by atoms with Crippen LogP contribution in [0, 0.1) is 0 Å². The van der Waals surface area contributed by atoms with Crippen molar-refractivity contribution >= 4 is 21.5 Å². The smallest absolute Gasteiger partial charge is 0.261 e. The molecule has 0 spiro atoms. The predicted octanol–water partition coefficient (Wildman–Crippen LogP) is 10.3. The van der Waals surface area contributed by atoms with Crippen LogP contribution in [0.1, 0.15) is 151 Å². The monoisotopic (exact) mass is 1110 g/mol. The van der Waals surface area contributed by atoms with Crippen LogP contribution >= 0.6 is 0 Å². The highest BCUT2D eigenvalue weighted by Crippen LogP contribution is 2.34.